The van der Waals surface area contributed by atoms with Crippen LogP contribution in [0.15, 0.2) is 82.5 Å². The number of hydrazine groups is 1. The van der Waals surface area contributed by atoms with E-state index in [0.717, 1.165) is 5.56 Å². The molecule has 4 rings (SSSR count). The van der Waals surface area contributed by atoms with Crippen LogP contribution >= 0.6 is 0 Å². The van der Waals surface area contributed by atoms with Crippen LogP contribution in [0.1, 0.15) is 21.5 Å². The van der Waals surface area contributed by atoms with Crippen molar-refractivity contribution >= 4 is 21.9 Å². The van der Waals surface area contributed by atoms with E-state index in [0.29, 0.717) is 17.0 Å². The molecule has 0 unspecified atom stereocenters. The normalized spacial score (nSPS) is 11.2. The number of amides is 1. The third-order valence-electron chi connectivity index (χ3n) is 4.72. The molecule has 0 aliphatic carbocycles. The van der Waals surface area contributed by atoms with Gasteiger partial charge >= 0.3 is 6.01 Å². The maximum atomic E-state index is 12.7. The summed E-state index contributed by atoms with van der Waals surface area (Å²) in [5.41, 5.74) is 7.28. The van der Waals surface area contributed by atoms with Crippen molar-refractivity contribution in [2.75, 3.05) is 5.43 Å². The lowest BCUT2D eigenvalue weighted by atomic mass is 10.1. The monoisotopic (exact) mass is 464 g/mol. The Labute approximate surface area is 190 Å². The van der Waals surface area contributed by atoms with Crippen LogP contribution in [0.2, 0.25) is 0 Å². The molecule has 0 spiro atoms. The van der Waals surface area contributed by atoms with Crippen LogP contribution in [-0.2, 0) is 16.6 Å². The van der Waals surface area contributed by atoms with Crippen LogP contribution in [0.4, 0.5) is 6.01 Å². The number of anilines is 1. The molecule has 2 aromatic carbocycles. The number of nitrogens with one attached hydrogen (secondary N) is 3. The Morgan fingerprint density at radius 1 is 1.03 bits per heavy atom. The Balaban J connectivity index is 1.44. The molecule has 2 aromatic heterocycles. The summed E-state index contributed by atoms with van der Waals surface area (Å²) in [5.74, 6) is -0.237. The summed E-state index contributed by atoms with van der Waals surface area (Å²) >= 11 is 0. The summed E-state index contributed by atoms with van der Waals surface area (Å²) < 4.78 is 33.0. The minimum atomic E-state index is -3.82. The van der Waals surface area contributed by atoms with Gasteiger partial charge in [-0.2, -0.15) is 4.98 Å². The average molecular weight is 465 g/mol. The highest BCUT2D eigenvalue weighted by Gasteiger charge is 2.18. The summed E-state index contributed by atoms with van der Waals surface area (Å²) in [7, 11) is -3.82. The zero-order valence-electron chi connectivity index (χ0n) is 17.5. The van der Waals surface area contributed by atoms with Crippen molar-refractivity contribution in [3.8, 4) is 11.4 Å². The van der Waals surface area contributed by atoms with Crippen molar-refractivity contribution in [3.05, 3.63) is 89.7 Å². The second-order valence-electron chi connectivity index (χ2n) is 7.03. The van der Waals surface area contributed by atoms with Crippen molar-refractivity contribution < 1.29 is 17.7 Å². The Hall–Kier alpha value is -4.09. The fourth-order valence-corrected chi connectivity index (χ4v) is 3.98. The average Bonchev–Trinajstić information content (AvgIpc) is 3.32. The first-order valence-electron chi connectivity index (χ1n) is 9.87. The number of carbonyl (C=O) groups is 1. The predicted molar refractivity (Wildman–Crippen MR) is 120 cm³/mol. The van der Waals surface area contributed by atoms with Gasteiger partial charge in [0.15, 0.2) is 0 Å². The summed E-state index contributed by atoms with van der Waals surface area (Å²) in [5, 5.41) is 3.83. The fraction of sp³-hybridized carbons (Fsp3) is 0.0909. The molecule has 11 heteroatoms. The molecule has 0 fully saturated rings. The summed E-state index contributed by atoms with van der Waals surface area (Å²) in [6.07, 6.45) is 3.19. The standard InChI is InChI=1S/C22H20N6O4S/c1-15-7-8-18(33(30,31)24-14-16-5-3-2-4-6-16)13-19(15)21(29)26-27-22-25-20(28-32-22)17-9-11-23-12-10-17/h2-13,24H,14H2,1H3,(H,26,29)(H,25,27,28). The number of hydrogen-bond donors (Lipinski definition) is 3. The maximum absolute atomic E-state index is 12.7. The molecular weight excluding hydrogens is 444 g/mol. The first kappa shape index (κ1) is 22.1. The smallest absolute Gasteiger partial charge is 0.313 e. The molecule has 4 aromatic rings. The lowest BCUT2D eigenvalue weighted by Crippen LogP contribution is -2.30. The van der Waals surface area contributed by atoms with Gasteiger partial charge in [0.2, 0.25) is 15.8 Å². The molecule has 0 bridgehead atoms. The number of sulfonamides is 1. The molecule has 33 heavy (non-hydrogen) atoms. The third-order valence-corrected chi connectivity index (χ3v) is 6.12. The fourth-order valence-electron chi connectivity index (χ4n) is 2.94. The van der Waals surface area contributed by atoms with Gasteiger partial charge in [-0.3, -0.25) is 15.2 Å². The van der Waals surface area contributed by atoms with Gasteiger partial charge in [-0.05, 0) is 42.3 Å². The molecule has 168 valence electrons. The van der Waals surface area contributed by atoms with Crippen molar-refractivity contribution in [2.24, 2.45) is 0 Å². The number of aryl methyl sites for hydroxylation is 1. The Morgan fingerprint density at radius 3 is 2.55 bits per heavy atom. The quantitative estimate of drug-likeness (QED) is 0.338. The van der Waals surface area contributed by atoms with Crippen molar-refractivity contribution in [3.63, 3.8) is 0 Å². The molecule has 0 saturated heterocycles. The molecule has 0 saturated carbocycles. The zero-order valence-corrected chi connectivity index (χ0v) is 18.3. The minimum Gasteiger partial charge on any atom is -0.313 e. The van der Waals surface area contributed by atoms with E-state index in [1.54, 1.807) is 37.5 Å². The van der Waals surface area contributed by atoms with Gasteiger partial charge in [0.05, 0.1) is 4.90 Å². The summed E-state index contributed by atoms with van der Waals surface area (Å²) in [6, 6.07) is 16.9. The number of nitrogens with zero attached hydrogens (tertiary/aromatic N) is 3. The lowest BCUT2D eigenvalue weighted by molar-refractivity contribution is 0.0960. The zero-order chi connectivity index (χ0) is 23.3. The Morgan fingerprint density at radius 2 is 1.79 bits per heavy atom. The number of hydrogen-bond acceptors (Lipinski definition) is 8. The number of carbonyl (C=O) groups excluding carboxylic acids is 1. The molecule has 0 atom stereocenters. The second kappa shape index (κ2) is 9.59. The second-order valence-corrected chi connectivity index (χ2v) is 8.79. The van der Waals surface area contributed by atoms with Gasteiger partial charge < -0.3 is 4.52 Å². The number of pyridine rings is 1. The van der Waals surface area contributed by atoms with Crippen molar-refractivity contribution in [1.82, 2.24) is 25.3 Å². The molecule has 2 heterocycles. The van der Waals surface area contributed by atoms with Crippen molar-refractivity contribution in [1.29, 1.82) is 0 Å². The number of rotatable bonds is 8. The van der Waals surface area contributed by atoms with E-state index >= 15 is 0 Å². The highest BCUT2D eigenvalue weighted by molar-refractivity contribution is 7.89. The van der Waals surface area contributed by atoms with Gasteiger partial charge in [-0.1, -0.05) is 41.6 Å². The summed E-state index contributed by atoms with van der Waals surface area (Å²) in [4.78, 5) is 20.7. The molecule has 10 nitrogen and oxygen atoms in total. The minimum absolute atomic E-state index is 0.0213. The van der Waals surface area contributed by atoms with E-state index < -0.39 is 15.9 Å². The van der Waals surface area contributed by atoms with Crippen LogP contribution in [0.5, 0.6) is 0 Å². The van der Waals surface area contributed by atoms with Crippen LogP contribution in [-0.4, -0.2) is 29.4 Å². The van der Waals surface area contributed by atoms with E-state index in [9.17, 15) is 13.2 Å². The van der Waals surface area contributed by atoms with Gasteiger partial charge in [0.25, 0.3) is 5.91 Å². The van der Waals surface area contributed by atoms with Crippen molar-refractivity contribution in [2.45, 2.75) is 18.4 Å². The van der Waals surface area contributed by atoms with Gasteiger partial charge in [0, 0.05) is 30.1 Å². The topological polar surface area (TPSA) is 139 Å². The lowest BCUT2D eigenvalue weighted by Gasteiger charge is -2.11. The molecular formula is C22H20N6O4S. The van der Waals surface area contributed by atoms with E-state index in [1.807, 2.05) is 30.3 Å². The highest BCUT2D eigenvalue weighted by Crippen LogP contribution is 2.18. The molecule has 0 aliphatic heterocycles. The van der Waals surface area contributed by atoms with E-state index in [1.165, 1.54) is 12.1 Å². The largest absolute Gasteiger partial charge is 0.340 e. The van der Waals surface area contributed by atoms with E-state index in [-0.39, 0.29) is 23.0 Å². The van der Waals surface area contributed by atoms with Gasteiger partial charge in [-0.15, -0.1) is 0 Å². The van der Waals surface area contributed by atoms with E-state index in [2.05, 4.69) is 30.7 Å². The highest BCUT2D eigenvalue weighted by atomic mass is 32.2. The van der Waals surface area contributed by atoms with Gasteiger partial charge in [0.1, 0.15) is 0 Å². The molecule has 3 N–H and O–H groups in total. The number of benzene rings is 2. The van der Waals surface area contributed by atoms with Gasteiger partial charge in [-0.25, -0.2) is 18.6 Å². The maximum Gasteiger partial charge on any atom is 0.340 e. The SMILES string of the molecule is Cc1ccc(S(=O)(=O)NCc2ccccc2)cc1C(=O)NNc1nc(-c2ccncc2)no1. The first-order valence-corrected chi connectivity index (χ1v) is 11.4. The van der Waals surface area contributed by atoms with E-state index in [4.69, 9.17) is 4.52 Å². The molecule has 1 amide bonds. The van der Waals surface area contributed by atoms with Crippen LogP contribution in [0.25, 0.3) is 11.4 Å². The third kappa shape index (κ3) is 5.40. The predicted octanol–water partition coefficient (Wildman–Crippen LogP) is 2.68. The van der Waals surface area contributed by atoms with Crippen LogP contribution in [0, 0.1) is 6.92 Å². The van der Waals surface area contributed by atoms with Crippen LogP contribution < -0.4 is 15.6 Å². The Kier molecular flexibility index (Phi) is 6.43. The van der Waals surface area contributed by atoms with Crippen LogP contribution in [0.3, 0.4) is 0 Å². The Bertz CT molecular complexity index is 1360. The first-order chi connectivity index (χ1) is 15.9. The summed E-state index contributed by atoms with van der Waals surface area (Å²) in [6.45, 7) is 1.84. The number of aromatic nitrogens is 3. The molecule has 0 aliphatic rings. The molecule has 0 radical (unpaired) electrons.